The number of nitrogens with zero attached hydrogens (tertiary/aromatic N) is 1. The van der Waals surface area contributed by atoms with Gasteiger partial charge < -0.3 is 15.4 Å². The number of hydrogen-bond acceptors (Lipinski definition) is 3. The van der Waals surface area contributed by atoms with E-state index in [-0.39, 0.29) is 11.9 Å². The third-order valence-corrected chi connectivity index (χ3v) is 5.81. The molecule has 2 heterocycles. The number of aromatic nitrogens is 1. The lowest BCUT2D eigenvalue weighted by Gasteiger charge is -2.26. The van der Waals surface area contributed by atoms with Crippen molar-refractivity contribution in [2.75, 3.05) is 0 Å². The second kappa shape index (κ2) is 7.39. The van der Waals surface area contributed by atoms with Gasteiger partial charge >= 0.3 is 0 Å². The molecule has 1 aliphatic heterocycles. The molecule has 1 amide bonds. The van der Waals surface area contributed by atoms with Crippen LogP contribution in [0.15, 0.2) is 22.8 Å². The van der Waals surface area contributed by atoms with E-state index in [0.717, 1.165) is 29.9 Å². The molecule has 26 heavy (non-hydrogen) atoms. The van der Waals surface area contributed by atoms with Gasteiger partial charge in [0.05, 0.1) is 22.9 Å². The smallest absolute Gasteiger partial charge is 0.255 e. The third kappa shape index (κ3) is 3.93. The Bertz CT molecular complexity index is 731. The number of fused-ring (bicyclic) bond motifs is 1. The number of allylic oxidation sites excluding steroid dienone is 2. The molecule has 3 rings (SSSR count). The second-order valence-corrected chi connectivity index (χ2v) is 8.23. The van der Waals surface area contributed by atoms with Crippen LogP contribution in [0.25, 0.3) is 0 Å². The van der Waals surface area contributed by atoms with E-state index in [2.05, 4.69) is 23.3 Å². The van der Waals surface area contributed by atoms with E-state index in [1.807, 2.05) is 6.92 Å². The quantitative estimate of drug-likeness (QED) is 0.743. The highest BCUT2D eigenvalue weighted by Gasteiger charge is 2.28. The maximum atomic E-state index is 12.8. The standard InChI is InChI=1S/C21H31N3O2/c1-5-14-10-17(15-8-6-7-9-15)24-19-16(12-22-18(19)11-14)20(25)23-13(2)21(3,4)26/h10,12-13,15,22,26H,5-9,11H2,1-4H3,(H,23,25). The lowest BCUT2D eigenvalue weighted by molar-refractivity contribution is 0.0409. The van der Waals surface area contributed by atoms with Gasteiger partial charge in [-0.3, -0.25) is 9.79 Å². The Kier molecular flexibility index (Phi) is 5.37. The summed E-state index contributed by atoms with van der Waals surface area (Å²) in [6.45, 7) is 7.38. The Morgan fingerprint density at radius 1 is 1.42 bits per heavy atom. The Morgan fingerprint density at radius 2 is 2.12 bits per heavy atom. The first-order chi connectivity index (χ1) is 12.3. The molecule has 1 unspecified atom stereocenters. The third-order valence-electron chi connectivity index (χ3n) is 5.81. The summed E-state index contributed by atoms with van der Waals surface area (Å²) in [5, 5.41) is 13.0. The monoisotopic (exact) mass is 357 g/mol. The van der Waals surface area contributed by atoms with Crippen LogP contribution in [0, 0.1) is 5.92 Å². The number of hydrogen-bond donors (Lipinski definition) is 3. The number of aliphatic hydroxyl groups is 1. The predicted octanol–water partition coefficient (Wildman–Crippen LogP) is 4.06. The minimum absolute atomic E-state index is 0.188. The molecule has 5 nitrogen and oxygen atoms in total. The van der Waals surface area contributed by atoms with Crippen LogP contribution in [0.1, 0.15) is 75.9 Å². The molecule has 2 aliphatic rings. The lowest BCUT2D eigenvalue weighted by atomic mass is 9.98. The number of amides is 1. The molecule has 0 radical (unpaired) electrons. The van der Waals surface area contributed by atoms with Crippen LogP contribution in [0.2, 0.25) is 0 Å². The summed E-state index contributed by atoms with van der Waals surface area (Å²) in [7, 11) is 0. The molecule has 142 valence electrons. The van der Waals surface area contributed by atoms with Gasteiger partial charge in [-0.2, -0.15) is 0 Å². The van der Waals surface area contributed by atoms with Gasteiger partial charge in [-0.15, -0.1) is 0 Å². The minimum atomic E-state index is -0.974. The van der Waals surface area contributed by atoms with Crippen LogP contribution in [0.5, 0.6) is 0 Å². The Labute approximate surface area is 156 Å². The van der Waals surface area contributed by atoms with Crippen LogP contribution < -0.4 is 5.32 Å². The summed E-state index contributed by atoms with van der Waals surface area (Å²) in [5.41, 5.74) is 3.85. The van der Waals surface area contributed by atoms with Crippen LogP contribution in [0.4, 0.5) is 5.69 Å². The SMILES string of the molecule is CCC1=CC(C2CCCC2)=Nc2c(C(=O)NC(C)C(C)(C)O)c[nH]c2C1. The van der Waals surface area contributed by atoms with Crippen molar-refractivity contribution in [2.24, 2.45) is 10.9 Å². The van der Waals surface area contributed by atoms with E-state index in [4.69, 9.17) is 4.99 Å². The summed E-state index contributed by atoms with van der Waals surface area (Å²) < 4.78 is 0. The molecule has 0 spiro atoms. The zero-order valence-electron chi connectivity index (χ0n) is 16.4. The normalized spacial score (nSPS) is 19.4. The summed E-state index contributed by atoms with van der Waals surface area (Å²) in [4.78, 5) is 21.0. The first kappa shape index (κ1) is 18.9. The average molecular weight is 357 g/mol. The molecule has 1 aliphatic carbocycles. The van der Waals surface area contributed by atoms with Gasteiger partial charge in [0.1, 0.15) is 0 Å². The lowest BCUT2D eigenvalue weighted by Crippen LogP contribution is -2.47. The molecular weight excluding hydrogens is 326 g/mol. The molecule has 0 bridgehead atoms. The fourth-order valence-corrected chi connectivity index (χ4v) is 3.65. The molecule has 1 aromatic rings. The van der Waals surface area contributed by atoms with Crippen molar-refractivity contribution in [3.8, 4) is 0 Å². The molecule has 5 heteroatoms. The van der Waals surface area contributed by atoms with Crippen molar-refractivity contribution in [1.29, 1.82) is 0 Å². The number of nitrogens with one attached hydrogen (secondary N) is 2. The molecule has 1 fully saturated rings. The molecule has 3 N–H and O–H groups in total. The van der Waals surface area contributed by atoms with Gasteiger partial charge in [-0.25, -0.2) is 0 Å². The summed E-state index contributed by atoms with van der Waals surface area (Å²) in [5.74, 6) is 0.315. The van der Waals surface area contributed by atoms with E-state index in [1.165, 1.54) is 31.3 Å². The van der Waals surface area contributed by atoms with Gasteiger partial charge in [0.15, 0.2) is 0 Å². The van der Waals surface area contributed by atoms with Crippen molar-refractivity contribution < 1.29 is 9.90 Å². The summed E-state index contributed by atoms with van der Waals surface area (Å²) in [6.07, 6.45) is 10.7. The van der Waals surface area contributed by atoms with Crippen molar-refractivity contribution in [1.82, 2.24) is 10.3 Å². The molecule has 1 saturated carbocycles. The molecule has 0 saturated heterocycles. The van der Waals surface area contributed by atoms with Crippen molar-refractivity contribution in [3.05, 3.63) is 29.1 Å². The largest absolute Gasteiger partial charge is 0.388 e. The number of H-pyrrole nitrogens is 1. The highest BCUT2D eigenvalue weighted by Crippen LogP contribution is 2.35. The van der Waals surface area contributed by atoms with Crippen LogP contribution in [-0.4, -0.2) is 33.4 Å². The zero-order chi connectivity index (χ0) is 18.9. The summed E-state index contributed by atoms with van der Waals surface area (Å²) >= 11 is 0. The predicted molar refractivity (Wildman–Crippen MR) is 105 cm³/mol. The Morgan fingerprint density at radius 3 is 2.73 bits per heavy atom. The fourth-order valence-electron chi connectivity index (χ4n) is 3.65. The Hall–Kier alpha value is -1.88. The van der Waals surface area contributed by atoms with Gasteiger partial charge in [0.25, 0.3) is 5.91 Å². The number of aromatic amines is 1. The van der Waals surface area contributed by atoms with Gasteiger partial charge in [-0.05, 0) is 46.1 Å². The van der Waals surface area contributed by atoms with Crippen LogP contribution in [0.3, 0.4) is 0 Å². The first-order valence-corrected chi connectivity index (χ1v) is 9.81. The van der Waals surface area contributed by atoms with E-state index >= 15 is 0 Å². The highest BCUT2D eigenvalue weighted by molar-refractivity contribution is 6.05. The molecule has 1 atom stereocenters. The number of rotatable bonds is 5. The second-order valence-electron chi connectivity index (χ2n) is 8.23. The molecule has 0 aromatic carbocycles. The van der Waals surface area contributed by atoms with Gasteiger partial charge in [0.2, 0.25) is 0 Å². The van der Waals surface area contributed by atoms with Crippen molar-refractivity contribution in [3.63, 3.8) is 0 Å². The van der Waals surface area contributed by atoms with Gasteiger partial charge in [0, 0.05) is 29.9 Å². The number of carbonyl (C=O) groups is 1. The fraction of sp³-hybridized carbons (Fsp3) is 0.619. The van der Waals surface area contributed by atoms with Crippen LogP contribution in [-0.2, 0) is 6.42 Å². The highest BCUT2D eigenvalue weighted by atomic mass is 16.3. The van der Waals surface area contributed by atoms with Gasteiger partial charge in [-0.1, -0.05) is 25.3 Å². The van der Waals surface area contributed by atoms with E-state index < -0.39 is 5.60 Å². The zero-order valence-corrected chi connectivity index (χ0v) is 16.4. The maximum Gasteiger partial charge on any atom is 0.255 e. The van der Waals surface area contributed by atoms with Crippen molar-refractivity contribution >= 4 is 17.3 Å². The molecule has 1 aromatic heterocycles. The van der Waals surface area contributed by atoms with E-state index in [9.17, 15) is 9.90 Å². The topological polar surface area (TPSA) is 77.5 Å². The minimum Gasteiger partial charge on any atom is -0.388 e. The number of aliphatic imine (C=N–C) groups is 1. The molecular formula is C21H31N3O2. The van der Waals surface area contributed by atoms with E-state index in [0.29, 0.717) is 11.5 Å². The summed E-state index contributed by atoms with van der Waals surface area (Å²) in [6, 6.07) is -0.353. The Balaban J connectivity index is 1.92. The maximum absolute atomic E-state index is 12.8. The van der Waals surface area contributed by atoms with Crippen molar-refractivity contribution in [2.45, 2.75) is 77.9 Å². The number of carbonyl (C=O) groups excluding carboxylic acids is 1. The first-order valence-electron chi connectivity index (χ1n) is 9.81. The average Bonchev–Trinajstić information content (AvgIpc) is 3.20. The van der Waals surface area contributed by atoms with Crippen LogP contribution >= 0.6 is 0 Å². The van der Waals surface area contributed by atoms with E-state index in [1.54, 1.807) is 20.0 Å².